The number of aromatic nitrogens is 2. The maximum Gasteiger partial charge on any atom is 0.227 e. The lowest BCUT2D eigenvalue weighted by Gasteiger charge is -2.25. The molecule has 32 heavy (non-hydrogen) atoms. The van der Waals surface area contributed by atoms with Crippen molar-refractivity contribution in [3.63, 3.8) is 0 Å². The van der Waals surface area contributed by atoms with Crippen molar-refractivity contribution in [1.82, 2.24) is 20.4 Å². The number of nitrogens with zero attached hydrogens (tertiary/aromatic N) is 3. The van der Waals surface area contributed by atoms with Crippen LogP contribution in [0.1, 0.15) is 35.7 Å². The van der Waals surface area contributed by atoms with Gasteiger partial charge < -0.3 is 9.84 Å². The third-order valence-corrected chi connectivity index (χ3v) is 5.84. The van der Waals surface area contributed by atoms with Crippen molar-refractivity contribution < 1.29 is 9.32 Å². The maximum absolute atomic E-state index is 12.1. The molecular formula is C24H24Cl2N4O2. The monoisotopic (exact) mass is 470 g/mol. The number of nitrogens with one attached hydrogen (secondary N) is 1. The summed E-state index contributed by atoms with van der Waals surface area (Å²) >= 11 is 11.8. The molecule has 8 heteroatoms. The second-order valence-electron chi connectivity index (χ2n) is 7.76. The highest BCUT2D eigenvalue weighted by atomic mass is 35.5. The first-order valence-corrected chi connectivity index (χ1v) is 11.3. The number of carbonyl (C=O) groups is 1. The lowest BCUT2D eigenvalue weighted by molar-refractivity contribution is -0.121. The third-order valence-electron chi connectivity index (χ3n) is 5.34. The smallest absolute Gasteiger partial charge is 0.227 e. The summed E-state index contributed by atoms with van der Waals surface area (Å²) < 4.78 is 5.36. The van der Waals surface area contributed by atoms with Crippen molar-refractivity contribution in [3.05, 3.63) is 87.5 Å². The Hall–Kier alpha value is -2.67. The van der Waals surface area contributed by atoms with E-state index in [1.807, 2.05) is 24.3 Å². The lowest BCUT2D eigenvalue weighted by atomic mass is 10.1. The lowest BCUT2D eigenvalue weighted by Crippen LogP contribution is -2.28. The number of hydrogen-bond donors (Lipinski definition) is 1. The van der Waals surface area contributed by atoms with Gasteiger partial charge in [0.2, 0.25) is 11.8 Å². The van der Waals surface area contributed by atoms with Crippen LogP contribution in [0.25, 0.3) is 5.57 Å². The van der Waals surface area contributed by atoms with Gasteiger partial charge in [0.05, 0.1) is 0 Å². The Morgan fingerprint density at radius 3 is 2.38 bits per heavy atom. The van der Waals surface area contributed by atoms with Crippen LogP contribution in [0.4, 0.5) is 0 Å². The predicted molar refractivity (Wildman–Crippen MR) is 125 cm³/mol. The molecule has 1 N–H and O–H groups in total. The molecule has 1 amide bonds. The van der Waals surface area contributed by atoms with E-state index in [-0.39, 0.29) is 5.91 Å². The third kappa shape index (κ3) is 6.42. The highest BCUT2D eigenvalue weighted by molar-refractivity contribution is 6.30. The molecule has 0 saturated carbocycles. The van der Waals surface area contributed by atoms with E-state index in [9.17, 15) is 4.79 Å². The zero-order valence-corrected chi connectivity index (χ0v) is 19.1. The number of aryl methyl sites for hydroxylation is 1. The average molecular weight is 471 g/mol. The minimum absolute atomic E-state index is 0.0607. The molecule has 0 fully saturated rings. The first-order valence-electron chi connectivity index (χ1n) is 10.5. The van der Waals surface area contributed by atoms with Gasteiger partial charge in [-0.3, -0.25) is 9.69 Å². The Labute approximate surface area is 197 Å². The molecule has 0 bridgehead atoms. The predicted octanol–water partition coefficient (Wildman–Crippen LogP) is 4.91. The zero-order chi connectivity index (χ0) is 22.3. The van der Waals surface area contributed by atoms with Gasteiger partial charge in [0.25, 0.3) is 0 Å². The van der Waals surface area contributed by atoms with Crippen LogP contribution in [-0.2, 0) is 24.3 Å². The molecule has 0 unspecified atom stereocenters. The van der Waals surface area contributed by atoms with E-state index in [4.69, 9.17) is 27.7 Å². The first-order chi connectivity index (χ1) is 15.5. The van der Waals surface area contributed by atoms with Crippen LogP contribution in [0, 0.1) is 0 Å². The zero-order valence-electron chi connectivity index (χ0n) is 17.6. The summed E-state index contributed by atoms with van der Waals surface area (Å²) in [5.74, 6) is 1.04. The topological polar surface area (TPSA) is 71.3 Å². The number of halogens is 2. The Morgan fingerprint density at radius 1 is 1.03 bits per heavy atom. The molecule has 1 aliphatic rings. The van der Waals surface area contributed by atoms with Crippen LogP contribution in [0.3, 0.4) is 0 Å². The molecule has 0 aliphatic carbocycles. The highest BCUT2D eigenvalue weighted by Crippen LogP contribution is 2.22. The van der Waals surface area contributed by atoms with Crippen LogP contribution in [0.5, 0.6) is 0 Å². The molecule has 1 aliphatic heterocycles. The van der Waals surface area contributed by atoms with Gasteiger partial charge in [-0.05, 0) is 47.4 Å². The fourth-order valence-electron chi connectivity index (χ4n) is 3.50. The van der Waals surface area contributed by atoms with Gasteiger partial charge in [-0.25, -0.2) is 0 Å². The van der Waals surface area contributed by atoms with Crippen molar-refractivity contribution in [2.45, 2.75) is 32.4 Å². The number of amides is 1. The van der Waals surface area contributed by atoms with Gasteiger partial charge in [-0.1, -0.05) is 58.7 Å². The fourth-order valence-corrected chi connectivity index (χ4v) is 3.76. The van der Waals surface area contributed by atoms with E-state index < -0.39 is 0 Å². The van der Waals surface area contributed by atoms with Gasteiger partial charge in [0.15, 0.2) is 5.82 Å². The van der Waals surface area contributed by atoms with E-state index >= 15 is 0 Å². The number of rotatable bonds is 8. The molecule has 2 heterocycles. The number of carbonyl (C=O) groups excluding carboxylic acids is 1. The molecule has 1 aromatic heterocycles. The van der Waals surface area contributed by atoms with E-state index in [0.29, 0.717) is 36.1 Å². The molecule has 0 saturated heterocycles. The molecule has 166 valence electrons. The van der Waals surface area contributed by atoms with Crippen LogP contribution < -0.4 is 5.32 Å². The molecule has 2 aromatic carbocycles. The van der Waals surface area contributed by atoms with Gasteiger partial charge in [-0.15, -0.1) is 0 Å². The molecule has 0 radical (unpaired) electrons. The minimum atomic E-state index is -0.0607. The molecule has 0 spiro atoms. The van der Waals surface area contributed by atoms with Crippen molar-refractivity contribution in [2.75, 3.05) is 13.1 Å². The highest BCUT2D eigenvalue weighted by Gasteiger charge is 2.18. The van der Waals surface area contributed by atoms with Crippen LogP contribution >= 0.6 is 23.2 Å². The average Bonchev–Trinajstić information content (AvgIpc) is 3.28. The largest absolute Gasteiger partial charge is 0.352 e. The second kappa shape index (κ2) is 10.8. The molecule has 6 nitrogen and oxygen atoms in total. The van der Waals surface area contributed by atoms with Crippen molar-refractivity contribution in [3.8, 4) is 0 Å². The Bertz CT molecular complexity index is 1080. The fraction of sp³-hybridized carbons (Fsp3) is 0.292. The standard InChI is InChI=1S/C24H24Cl2N4O2/c25-20-5-1-17(2-6-20)15-27-22(31)9-10-23-28-24(29-32-23)19-11-13-30(14-12-19)16-18-3-7-21(26)8-4-18/h1-8,11H,9-10,12-16H2,(H,27,31). The molecule has 3 aromatic rings. The summed E-state index contributed by atoms with van der Waals surface area (Å²) in [4.78, 5) is 19.0. The van der Waals surface area contributed by atoms with Crippen molar-refractivity contribution in [2.24, 2.45) is 0 Å². The molecule has 0 atom stereocenters. The van der Waals surface area contributed by atoms with Gasteiger partial charge in [0, 0.05) is 49.1 Å². The Morgan fingerprint density at radius 2 is 1.72 bits per heavy atom. The molecule has 4 rings (SSSR count). The summed E-state index contributed by atoms with van der Waals surface area (Å²) in [6.07, 6.45) is 3.71. The number of benzene rings is 2. The Kier molecular flexibility index (Phi) is 7.58. The van der Waals surface area contributed by atoms with Crippen LogP contribution in [-0.4, -0.2) is 34.0 Å². The second-order valence-corrected chi connectivity index (χ2v) is 8.63. The van der Waals surface area contributed by atoms with E-state index in [0.717, 1.165) is 42.2 Å². The van der Waals surface area contributed by atoms with Crippen molar-refractivity contribution >= 4 is 34.7 Å². The molecular weight excluding hydrogens is 447 g/mol. The van der Waals surface area contributed by atoms with E-state index in [1.54, 1.807) is 12.1 Å². The maximum atomic E-state index is 12.1. The first kappa shape index (κ1) is 22.5. The quantitative estimate of drug-likeness (QED) is 0.505. The van der Waals surface area contributed by atoms with E-state index in [2.05, 4.69) is 38.6 Å². The van der Waals surface area contributed by atoms with E-state index in [1.165, 1.54) is 5.56 Å². The normalized spacial score (nSPS) is 14.2. The number of hydrogen-bond acceptors (Lipinski definition) is 5. The summed E-state index contributed by atoms with van der Waals surface area (Å²) in [6, 6.07) is 15.3. The minimum Gasteiger partial charge on any atom is -0.352 e. The van der Waals surface area contributed by atoms with Crippen molar-refractivity contribution in [1.29, 1.82) is 0 Å². The Balaban J connectivity index is 1.23. The summed E-state index contributed by atoms with van der Waals surface area (Å²) in [7, 11) is 0. The van der Waals surface area contributed by atoms with Crippen LogP contribution in [0.15, 0.2) is 59.1 Å². The van der Waals surface area contributed by atoms with Gasteiger partial charge >= 0.3 is 0 Å². The SMILES string of the molecule is O=C(CCc1nc(C2=CCN(Cc3ccc(Cl)cc3)CC2)no1)NCc1ccc(Cl)cc1. The summed E-state index contributed by atoms with van der Waals surface area (Å²) in [5, 5.41) is 8.42. The van der Waals surface area contributed by atoms with Gasteiger partial charge in [-0.2, -0.15) is 4.98 Å². The summed E-state index contributed by atoms with van der Waals surface area (Å²) in [5.41, 5.74) is 3.32. The summed E-state index contributed by atoms with van der Waals surface area (Å²) in [6.45, 7) is 3.09. The van der Waals surface area contributed by atoms with Crippen LogP contribution in [0.2, 0.25) is 10.0 Å². The van der Waals surface area contributed by atoms with Gasteiger partial charge in [0.1, 0.15) is 0 Å².